The molecule has 0 radical (unpaired) electrons. The largest absolute Gasteiger partial charge is 0.366 e. The number of amides is 1. The first kappa shape index (κ1) is 23.5. The Morgan fingerprint density at radius 1 is 1.16 bits per heavy atom. The molecule has 2 aromatic rings. The van der Waals surface area contributed by atoms with Crippen LogP contribution in [0.15, 0.2) is 67.0 Å². The van der Waals surface area contributed by atoms with Gasteiger partial charge in [-0.1, -0.05) is 56.8 Å². The van der Waals surface area contributed by atoms with Gasteiger partial charge in [-0.25, -0.2) is 0 Å². The zero-order valence-electron chi connectivity index (χ0n) is 19.7. The molecule has 1 aliphatic heterocycles. The first-order valence-electron chi connectivity index (χ1n) is 11.6. The second-order valence-corrected chi connectivity index (χ2v) is 8.57. The molecule has 4 heteroatoms. The van der Waals surface area contributed by atoms with Gasteiger partial charge in [-0.3, -0.25) is 9.78 Å². The Morgan fingerprint density at radius 2 is 1.78 bits per heavy atom. The molecule has 2 N–H and O–H groups in total. The highest BCUT2D eigenvalue weighted by atomic mass is 16.1. The summed E-state index contributed by atoms with van der Waals surface area (Å²) >= 11 is 0. The number of carbonyl (C=O) groups is 1. The van der Waals surface area contributed by atoms with E-state index >= 15 is 0 Å². The molecular formula is C28H35N3O. The van der Waals surface area contributed by atoms with Crippen LogP contribution in [0, 0.1) is 5.92 Å². The Bertz CT molecular complexity index is 1020. The molecule has 0 spiro atoms. The average molecular weight is 430 g/mol. The van der Waals surface area contributed by atoms with E-state index in [9.17, 15) is 4.79 Å². The lowest BCUT2D eigenvalue weighted by atomic mass is 9.92. The average Bonchev–Trinajstić information content (AvgIpc) is 3.21. The molecule has 0 fully saturated rings. The highest BCUT2D eigenvalue weighted by Crippen LogP contribution is 2.37. The molecule has 4 nitrogen and oxygen atoms in total. The number of nitrogens with two attached hydrogens (primary N) is 1. The van der Waals surface area contributed by atoms with E-state index in [0.29, 0.717) is 17.1 Å². The molecule has 0 saturated heterocycles. The number of rotatable bonds is 6. The van der Waals surface area contributed by atoms with Crippen molar-refractivity contribution in [1.82, 2.24) is 4.98 Å². The smallest absolute Gasteiger partial charge is 0.250 e. The molecule has 1 aliphatic carbocycles. The van der Waals surface area contributed by atoms with Crippen LogP contribution in [0.3, 0.4) is 0 Å². The van der Waals surface area contributed by atoms with Crippen LogP contribution in [0.2, 0.25) is 0 Å². The topological polar surface area (TPSA) is 59.2 Å². The monoisotopic (exact) mass is 429 g/mol. The fraction of sp³-hybridized carbons (Fsp3) is 0.357. The molecule has 0 bridgehead atoms. The van der Waals surface area contributed by atoms with E-state index in [1.165, 1.54) is 16.7 Å². The van der Waals surface area contributed by atoms with Gasteiger partial charge in [-0.05, 0) is 67.7 Å². The van der Waals surface area contributed by atoms with Gasteiger partial charge in [-0.15, -0.1) is 0 Å². The molecular weight excluding hydrogens is 394 g/mol. The number of aromatic nitrogens is 1. The number of primary amides is 1. The number of carbonyl (C=O) groups excluding carboxylic acids is 1. The highest BCUT2D eigenvalue weighted by Gasteiger charge is 2.26. The zero-order valence-corrected chi connectivity index (χ0v) is 19.7. The molecule has 1 aromatic carbocycles. The lowest BCUT2D eigenvalue weighted by Gasteiger charge is -2.29. The molecule has 2 aliphatic rings. The summed E-state index contributed by atoms with van der Waals surface area (Å²) in [6.07, 6.45) is 9.08. The Morgan fingerprint density at radius 3 is 2.28 bits per heavy atom. The molecule has 168 valence electrons. The minimum Gasteiger partial charge on any atom is -0.366 e. The van der Waals surface area contributed by atoms with Crippen molar-refractivity contribution in [2.75, 3.05) is 11.4 Å². The van der Waals surface area contributed by atoms with E-state index in [1.807, 2.05) is 18.0 Å². The lowest BCUT2D eigenvalue weighted by Crippen LogP contribution is -2.26. The third-order valence-electron chi connectivity index (χ3n) is 6.42. The Hall–Kier alpha value is -3.14. The van der Waals surface area contributed by atoms with Crippen molar-refractivity contribution in [2.24, 2.45) is 11.7 Å². The number of nitrogens with zero attached hydrogens (tertiary/aromatic N) is 2. The van der Waals surface area contributed by atoms with E-state index < -0.39 is 5.91 Å². The van der Waals surface area contributed by atoms with Gasteiger partial charge < -0.3 is 10.6 Å². The van der Waals surface area contributed by atoms with Crippen LogP contribution >= 0.6 is 0 Å². The fourth-order valence-electron chi connectivity index (χ4n) is 4.34. The van der Waals surface area contributed by atoms with E-state index in [1.54, 1.807) is 6.20 Å². The number of benzene rings is 1. The quantitative estimate of drug-likeness (QED) is 0.606. The van der Waals surface area contributed by atoms with Crippen molar-refractivity contribution in [3.05, 3.63) is 89.4 Å². The van der Waals surface area contributed by atoms with Crippen LogP contribution in [-0.2, 0) is 24.1 Å². The summed E-state index contributed by atoms with van der Waals surface area (Å²) in [7, 11) is 0. The lowest BCUT2D eigenvalue weighted by molar-refractivity contribution is -0.114. The van der Waals surface area contributed by atoms with Crippen molar-refractivity contribution in [3.8, 4) is 0 Å². The minimum atomic E-state index is -0.441. The van der Waals surface area contributed by atoms with Crippen molar-refractivity contribution in [1.29, 1.82) is 0 Å². The van der Waals surface area contributed by atoms with E-state index in [4.69, 9.17) is 10.7 Å². The van der Waals surface area contributed by atoms with Crippen LogP contribution in [0.25, 0.3) is 5.57 Å². The van der Waals surface area contributed by atoms with Crippen LogP contribution in [0.4, 0.5) is 5.69 Å². The van der Waals surface area contributed by atoms with Crippen molar-refractivity contribution in [2.45, 2.75) is 52.9 Å². The minimum absolute atomic E-state index is 0.441. The normalized spacial score (nSPS) is 14.8. The van der Waals surface area contributed by atoms with Crippen LogP contribution in [0.1, 0.15) is 56.0 Å². The van der Waals surface area contributed by atoms with Crippen molar-refractivity contribution in [3.63, 3.8) is 0 Å². The molecule has 32 heavy (non-hydrogen) atoms. The number of pyridine rings is 1. The summed E-state index contributed by atoms with van der Waals surface area (Å²) in [5.41, 5.74) is 14.0. The second kappa shape index (κ2) is 10.4. The molecule has 4 rings (SSSR count). The second-order valence-electron chi connectivity index (χ2n) is 8.57. The Balaban J connectivity index is 0.000000427. The van der Waals surface area contributed by atoms with Crippen molar-refractivity contribution >= 4 is 17.2 Å². The number of allylic oxidation sites excluding steroid dienone is 1. The zero-order chi connectivity index (χ0) is 23.3. The van der Waals surface area contributed by atoms with Gasteiger partial charge in [0, 0.05) is 24.0 Å². The Labute approximate surface area is 192 Å². The summed E-state index contributed by atoms with van der Waals surface area (Å²) in [5, 5.41) is 0. The number of anilines is 1. The van der Waals surface area contributed by atoms with Gasteiger partial charge in [0.15, 0.2) is 0 Å². The first-order valence-corrected chi connectivity index (χ1v) is 11.6. The van der Waals surface area contributed by atoms with Crippen molar-refractivity contribution < 1.29 is 4.79 Å². The maximum atomic E-state index is 11.8. The van der Waals surface area contributed by atoms with Gasteiger partial charge in [-0.2, -0.15) is 0 Å². The van der Waals surface area contributed by atoms with E-state index in [2.05, 4.69) is 57.3 Å². The van der Waals surface area contributed by atoms with Gasteiger partial charge in [0.2, 0.25) is 0 Å². The summed E-state index contributed by atoms with van der Waals surface area (Å²) < 4.78 is 0. The van der Waals surface area contributed by atoms with E-state index in [0.717, 1.165) is 55.6 Å². The summed E-state index contributed by atoms with van der Waals surface area (Å²) in [6.45, 7) is 14.9. The highest BCUT2D eigenvalue weighted by molar-refractivity contribution is 6.10. The molecule has 1 aromatic heterocycles. The van der Waals surface area contributed by atoms with Crippen LogP contribution in [-0.4, -0.2) is 17.4 Å². The maximum absolute atomic E-state index is 11.8. The fourth-order valence-corrected chi connectivity index (χ4v) is 4.34. The number of fused-ring (bicyclic) bond motifs is 2. The summed E-state index contributed by atoms with van der Waals surface area (Å²) in [6, 6.07) is 10.7. The molecule has 0 unspecified atom stereocenters. The number of hydrogen-bond acceptors (Lipinski definition) is 3. The molecule has 0 saturated carbocycles. The maximum Gasteiger partial charge on any atom is 0.250 e. The first-order chi connectivity index (χ1) is 15.4. The molecule has 2 heterocycles. The van der Waals surface area contributed by atoms with Gasteiger partial charge in [0.1, 0.15) is 0 Å². The SMILES string of the molecule is C=C(CC)CC.C=C1C(C(N)=O)=CN(CC)c2cnc(CC3Cc4ccccc4C3)cc21. The third kappa shape index (κ3) is 5.18. The standard InChI is InChI=1S/C22H23N3O.C6H12/c1-3-25-13-20(22(23)26)14(2)19-11-18(24-12-21(19)25)10-15-8-16-6-4-5-7-17(16)9-15;1-4-6(3)5-2/h4-7,11-13,15H,2-3,8-10H2,1H3,(H2,23,26);3-5H2,1-2H3. The van der Waals surface area contributed by atoms with Gasteiger partial charge in [0.25, 0.3) is 5.91 Å². The third-order valence-corrected chi connectivity index (χ3v) is 6.42. The molecule has 1 amide bonds. The Kier molecular flexibility index (Phi) is 7.68. The predicted octanol–water partition coefficient (Wildman–Crippen LogP) is 5.62. The van der Waals surface area contributed by atoms with Crippen LogP contribution in [0.5, 0.6) is 0 Å². The van der Waals surface area contributed by atoms with E-state index in [-0.39, 0.29) is 0 Å². The number of hydrogen-bond donors (Lipinski definition) is 1. The predicted molar refractivity (Wildman–Crippen MR) is 134 cm³/mol. The van der Waals surface area contributed by atoms with Crippen LogP contribution < -0.4 is 10.6 Å². The summed E-state index contributed by atoms with van der Waals surface area (Å²) in [4.78, 5) is 18.5. The van der Waals surface area contributed by atoms with Gasteiger partial charge in [0.05, 0.1) is 17.5 Å². The summed E-state index contributed by atoms with van der Waals surface area (Å²) in [5.74, 6) is 0.131. The molecule has 0 atom stereocenters. The van der Waals surface area contributed by atoms with Gasteiger partial charge >= 0.3 is 0 Å².